The van der Waals surface area contributed by atoms with E-state index in [9.17, 15) is 0 Å². The van der Waals surface area contributed by atoms with E-state index in [1.165, 1.54) is 19.4 Å². The highest BCUT2D eigenvalue weighted by Crippen LogP contribution is 2.35. The van der Waals surface area contributed by atoms with Gasteiger partial charge < -0.3 is 10.1 Å². The third-order valence-corrected chi connectivity index (χ3v) is 5.56. The van der Waals surface area contributed by atoms with E-state index in [2.05, 4.69) is 35.9 Å². The molecule has 0 aromatic heterocycles. The number of hydrogen-bond donors (Lipinski definition) is 1. The van der Waals surface area contributed by atoms with E-state index in [-0.39, 0.29) is 0 Å². The maximum absolute atomic E-state index is 6.05. The largest absolute Gasteiger partial charge is 0.374 e. The second kappa shape index (κ2) is 6.95. The number of nitrogens with zero attached hydrogens (tertiary/aromatic N) is 2. The second-order valence-electron chi connectivity index (χ2n) is 7.50. The topological polar surface area (TPSA) is 27.7 Å². The first-order valence-corrected chi connectivity index (χ1v) is 8.98. The number of ether oxygens (including phenoxy) is 1. The molecule has 3 aliphatic rings. The highest BCUT2D eigenvalue weighted by molar-refractivity contribution is 4.96. The van der Waals surface area contributed by atoms with Crippen molar-refractivity contribution in [2.24, 2.45) is 11.8 Å². The first-order chi connectivity index (χ1) is 10.2. The molecule has 1 aliphatic carbocycles. The van der Waals surface area contributed by atoms with Gasteiger partial charge in [0.05, 0.1) is 12.7 Å². The summed E-state index contributed by atoms with van der Waals surface area (Å²) in [7, 11) is 0. The Morgan fingerprint density at radius 2 is 2.05 bits per heavy atom. The zero-order chi connectivity index (χ0) is 14.8. The summed E-state index contributed by atoms with van der Waals surface area (Å²) < 4.78 is 6.05. The minimum atomic E-state index is 0.401. The molecule has 2 heterocycles. The van der Waals surface area contributed by atoms with Crippen molar-refractivity contribution in [1.29, 1.82) is 0 Å². The molecule has 4 heteroatoms. The molecule has 3 atom stereocenters. The van der Waals surface area contributed by atoms with Crippen LogP contribution in [0.3, 0.4) is 0 Å². The Labute approximate surface area is 130 Å². The van der Waals surface area contributed by atoms with Crippen LogP contribution in [0, 0.1) is 11.8 Å². The third-order valence-electron chi connectivity index (χ3n) is 5.56. The van der Waals surface area contributed by atoms with Crippen molar-refractivity contribution in [3.63, 3.8) is 0 Å². The molecule has 4 nitrogen and oxygen atoms in total. The van der Waals surface area contributed by atoms with E-state index in [0.717, 1.165) is 51.3 Å². The summed E-state index contributed by atoms with van der Waals surface area (Å²) in [5, 5.41) is 3.81. The molecule has 0 amide bonds. The average molecular weight is 295 g/mol. The van der Waals surface area contributed by atoms with Crippen molar-refractivity contribution >= 4 is 0 Å². The van der Waals surface area contributed by atoms with Crippen molar-refractivity contribution < 1.29 is 4.74 Å². The molecule has 2 aliphatic heterocycles. The Kier molecular flexibility index (Phi) is 5.20. The fraction of sp³-hybridized carbons (Fsp3) is 1.00. The van der Waals surface area contributed by atoms with Crippen LogP contribution in [0.2, 0.25) is 0 Å². The van der Waals surface area contributed by atoms with Gasteiger partial charge >= 0.3 is 0 Å². The van der Waals surface area contributed by atoms with Crippen LogP contribution in [-0.2, 0) is 4.74 Å². The van der Waals surface area contributed by atoms with Gasteiger partial charge in [-0.1, -0.05) is 20.8 Å². The van der Waals surface area contributed by atoms with E-state index < -0.39 is 0 Å². The maximum atomic E-state index is 6.05. The first-order valence-electron chi connectivity index (χ1n) is 8.98. The summed E-state index contributed by atoms with van der Waals surface area (Å²) >= 11 is 0. The van der Waals surface area contributed by atoms with Gasteiger partial charge in [-0.3, -0.25) is 9.80 Å². The second-order valence-corrected chi connectivity index (χ2v) is 7.50. The standard InChI is InChI=1S/C17H33N3O/c1-4-19-7-8-21-15(10-19)11-20-12-16(14-5-6-14)18-9-17(20)13(2)3/h13-18H,4-12H2,1-3H3. The third kappa shape index (κ3) is 3.98. The Morgan fingerprint density at radius 1 is 1.24 bits per heavy atom. The molecule has 0 bridgehead atoms. The smallest absolute Gasteiger partial charge is 0.0829 e. The number of likely N-dealkylation sites (N-methyl/N-ethyl adjacent to an activating group) is 1. The van der Waals surface area contributed by atoms with Crippen molar-refractivity contribution in [3.05, 3.63) is 0 Å². The van der Waals surface area contributed by atoms with Gasteiger partial charge in [0.2, 0.25) is 0 Å². The number of morpholine rings is 1. The summed E-state index contributed by atoms with van der Waals surface area (Å²) in [6.45, 7) is 14.7. The van der Waals surface area contributed by atoms with Gasteiger partial charge in [0, 0.05) is 44.8 Å². The van der Waals surface area contributed by atoms with E-state index >= 15 is 0 Å². The van der Waals surface area contributed by atoms with Crippen LogP contribution in [0.1, 0.15) is 33.6 Å². The molecule has 0 aromatic carbocycles. The Bertz CT molecular complexity index is 332. The van der Waals surface area contributed by atoms with Crippen LogP contribution >= 0.6 is 0 Å². The van der Waals surface area contributed by atoms with Crippen molar-refractivity contribution in [2.45, 2.75) is 51.8 Å². The summed E-state index contributed by atoms with van der Waals surface area (Å²) in [5.74, 6) is 1.66. The quantitative estimate of drug-likeness (QED) is 0.830. The van der Waals surface area contributed by atoms with Crippen molar-refractivity contribution in [1.82, 2.24) is 15.1 Å². The lowest BCUT2D eigenvalue weighted by molar-refractivity contribution is -0.0560. The van der Waals surface area contributed by atoms with Crippen LogP contribution in [0.5, 0.6) is 0 Å². The van der Waals surface area contributed by atoms with Gasteiger partial charge in [-0.15, -0.1) is 0 Å². The molecule has 122 valence electrons. The minimum Gasteiger partial charge on any atom is -0.374 e. The summed E-state index contributed by atoms with van der Waals surface area (Å²) in [6, 6.07) is 1.39. The number of piperazine rings is 1. The summed E-state index contributed by atoms with van der Waals surface area (Å²) in [5.41, 5.74) is 0. The highest BCUT2D eigenvalue weighted by Gasteiger charge is 2.38. The molecule has 1 saturated carbocycles. The lowest BCUT2D eigenvalue weighted by Crippen LogP contribution is -2.61. The average Bonchev–Trinajstić information content (AvgIpc) is 3.32. The van der Waals surface area contributed by atoms with Gasteiger partial charge in [0.1, 0.15) is 0 Å². The zero-order valence-corrected chi connectivity index (χ0v) is 14.1. The SMILES string of the molecule is CCN1CCOC(CN2CC(C3CC3)NCC2C(C)C)C1. The molecular weight excluding hydrogens is 262 g/mol. The van der Waals surface area contributed by atoms with Crippen LogP contribution in [0.15, 0.2) is 0 Å². The summed E-state index contributed by atoms with van der Waals surface area (Å²) in [4.78, 5) is 5.26. The maximum Gasteiger partial charge on any atom is 0.0829 e. The number of rotatable bonds is 5. The van der Waals surface area contributed by atoms with E-state index in [1.807, 2.05) is 0 Å². The first kappa shape index (κ1) is 15.7. The fourth-order valence-corrected chi connectivity index (χ4v) is 3.98. The monoisotopic (exact) mass is 295 g/mol. The Balaban J connectivity index is 1.58. The Hall–Kier alpha value is -0.160. The van der Waals surface area contributed by atoms with Crippen molar-refractivity contribution in [3.8, 4) is 0 Å². The van der Waals surface area contributed by atoms with Gasteiger partial charge in [-0.2, -0.15) is 0 Å². The highest BCUT2D eigenvalue weighted by atomic mass is 16.5. The lowest BCUT2D eigenvalue weighted by atomic mass is 9.96. The zero-order valence-electron chi connectivity index (χ0n) is 14.1. The minimum absolute atomic E-state index is 0.401. The molecular formula is C17H33N3O. The van der Waals surface area contributed by atoms with E-state index in [1.54, 1.807) is 0 Å². The van der Waals surface area contributed by atoms with Crippen LogP contribution in [-0.4, -0.2) is 73.9 Å². The summed E-state index contributed by atoms with van der Waals surface area (Å²) in [6.07, 6.45) is 3.26. The molecule has 2 saturated heterocycles. The molecule has 1 N–H and O–H groups in total. The molecule has 0 aromatic rings. The Morgan fingerprint density at radius 3 is 2.71 bits per heavy atom. The lowest BCUT2D eigenvalue weighted by Gasteiger charge is -2.45. The molecule has 3 rings (SSSR count). The molecule has 3 fully saturated rings. The normalized spacial score (nSPS) is 36.3. The number of nitrogens with one attached hydrogen (secondary N) is 1. The van der Waals surface area contributed by atoms with Crippen LogP contribution < -0.4 is 5.32 Å². The number of hydrogen-bond acceptors (Lipinski definition) is 4. The molecule has 0 radical (unpaired) electrons. The van der Waals surface area contributed by atoms with Gasteiger partial charge in [-0.05, 0) is 31.2 Å². The van der Waals surface area contributed by atoms with Gasteiger partial charge in [-0.25, -0.2) is 0 Å². The predicted octanol–water partition coefficient (Wildman–Crippen LogP) is 1.42. The van der Waals surface area contributed by atoms with Gasteiger partial charge in [0.25, 0.3) is 0 Å². The van der Waals surface area contributed by atoms with Crippen LogP contribution in [0.4, 0.5) is 0 Å². The molecule has 21 heavy (non-hydrogen) atoms. The molecule has 0 spiro atoms. The predicted molar refractivity (Wildman–Crippen MR) is 86.6 cm³/mol. The van der Waals surface area contributed by atoms with Crippen LogP contribution in [0.25, 0.3) is 0 Å². The van der Waals surface area contributed by atoms with E-state index in [0.29, 0.717) is 18.1 Å². The molecule has 3 unspecified atom stereocenters. The van der Waals surface area contributed by atoms with Gasteiger partial charge in [0.15, 0.2) is 0 Å². The van der Waals surface area contributed by atoms with E-state index in [4.69, 9.17) is 4.74 Å². The van der Waals surface area contributed by atoms with Crippen molar-refractivity contribution in [2.75, 3.05) is 45.9 Å². The fourth-order valence-electron chi connectivity index (χ4n) is 3.98.